The van der Waals surface area contributed by atoms with E-state index in [0.717, 1.165) is 19.5 Å². The number of nitrogens with one attached hydrogen (secondary N) is 1. The summed E-state index contributed by atoms with van der Waals surface area (Å²) in [6.07, 6.45) is 2.31. The molecule has 0 saturated carbocycles. The first kappa shape index (κ1) is 9.14. The second-order valence-electron chi connectivity index (χ2n) is 3.46. The molecular formula is C8H12N4O2. The van der Waals surface area contributed by atoms with Crippen LogP contribution in [0, 0.1) is 17.0 Å². The van der Waals surface area contributed by atoms with E-state index in [4.69, 9.17) is 0 Å². The van der Waals surface area contributed by atoms with Crippen molar-refractivity contribution in [2.75, 3.05) is 13.1 Å². The molecule has 6 heteroatoms. The Labute approximate surface area is 81.1 Å². The van der Waals surface area contributed by atoms with Gasteiger partial charge in [-0.15, -0.1) is 0 Å². The highest BCUT2D eigenvalue weighted by Crippen LogP contribution is 2.22. The summed E-state index contributed by atoms with van der Waals surface area (Å²) < 4.78 is 1.75. The Morgan fingerprint density at radius 3 is 3.07 bits per heavy atom. The fourth-order valence-electron chi connectivity index (χ4n) is 1.81. The van der Waals surface area contributed by atoms with E-state index in [1.807, 2.05) is 0 Å². The molecule has 1 atom stereocenters. The highest BCUT2D eigenvalue weighted by atomic mass is 16.6. The van der Waals surface area contributed by atoms with Crippen molar-refractivity contribution in [2.24, 2.45) is 0 Å². The molecule has 0 bridgehead atoms. The minimum Gasteiger partial charge on any atom is -0.315 e. The largest absolute Gasteiger partial charge is 0.315 e. The summed E-state index contributed by atoms with van der Waals surface area (Å²) in [5.74, 6) is 0. The zero-order valence-electron chi connectivity index (χ0n) is 7.93. The normalized spacial score (nSPS) is 21.4. The van der Waals surface area contributed by atoms with Gasteiger partial charge in [0, 0.05) is 6.54 Å². The molecule has 1 N–H and O–H groups in total. The number of rotatable bonds is 2. The average Bonchev–Trinajstić information content (AvgIpc) is 2.71. The van der Waals surface area contributed by atoms with Crippen LogP contribution >= 0.6 is 0 Å². The lowest BCUT2D eigenvalue weighted by atomic mass is 10.2. The molecule has 0 aliphatic carbocycles. The van der Waals surface area contributed by atoms with Crippen LogP contribution in [0.15, 0.2) is 6.20 Å². The molecule has 1 aliphatic heterocycles. The molecular weight excluding hydrogens is 184 g/mol. The second-order valence-corrected chi connectivity index (χ2v) is 3.46. The van der Waals surface area contributed by atoms with Gasteiger partial charge in [0.2, 0.25) is 0 Å². The van der Waals surface area contributed by atoms with Gasteiger partial charge < -0.3 is 5.32 Å². The number of aromatic nitrogens is 2. The standard InChI is InChI=1S/C8H12N4O2/c1-6-8(12(13)14)5-10-11(6)7-2-3-9-4-7/h5,7,9H,2-4H2,1H3/t7-/m0/s1. The predicted molar refractivity (Wildman–Crippen MR) is 50.1 cm³/mol. The molecule has 14 heavy (non-hydrogen) atoms. The molecule has 0 unspecified atom stereocenters. The van der Waals surface area contributed by atoms with Crippen LogP contribution in [0.1, 0.15) is 18.2 Å². The molecule has 76 valence electrons. The number of hydrogen-bond acceptors (Lipinski definition) is 4. The molecule has 0 spiro atoms. The van der Waals surface area contributed by atoms with Gasteiger partial charge in [-0.3, -0.25) is 14.8 Å². The van der Waals surface area contributed by atoms with E-state index in [9.17, 15) is 10.1 Å². The van der Waals surface area contributed by atoms with E-state index in [1.54, 1.807) is 11.6 Å². The van der Waals surface area contributed by atoms with Crippen molar-refractivity contribution in [3.63, 3.8) is 0 Å². The fraction of sp³-hybridized carbons (Fsp3) is 0.625. The Morgan fingerprint density at radius 2 is 2.57 bits per heavy atom. The molecule has 1 fully saturated rings. The summed E-state index contributed by atoms with van der Waals surface area (Å²) in [6.45, 7) is 3.54. The van der Waals surface area contributed by atoms with Gasteiger partial charge >= 0.3 is 5.69 Å². The van der Waals surface area contributed by atoms with E-state index < -0.39 is 0 Å². The molecule has 1 aromatic heterocycles. The minimum atomic E-state index is -0.388. The third kappa shape index (κ3) is 1.37. The molecule has 1 saturated heterocycles. The van der Waals surface area contributed by atoms with Crippen molar-refractivity contribution in [1.29, 1.82) is 0 Å². The van der Waals surface area contributed by atoms with Crippen LogP contribution in [-0.4, -0.2) is 27.8 Å². The van der Waals surface area contributed by atoms with Crippen LogP contribution in [0.5, 0.6) is 0 Å². The van der Waals surface area contributed by atoms with E-state index >= 15 is 0 Å². The molecule has 0 radical (unpaired) electrons. The van der Waals surface area contributed by atoms with Crippen LogP contribution in [0.3, 0.4) is 0 Å². The van der Waals surface area contributed by atoms with E-state index in [-0.39, 0.29) is 16.7 Å². The van der Waals surface area contributed by atoms with Crippen molar-refractivity contribution in [3.05, 3.63) is 22.0 Å². The summed E-state index contributed by atoms with van der Waals surface area (Å²) in [5, 5.41) is 17.8. The topological polar surface area (TPSA) is 73.0 Å². The fourth-order valence-corrected chi connectivity index (χ4v) is 1.81. The third-order valence-corrected chi connectivity index (χ3v) is 2.60. The van der Waals surface area contributed by atoms with Crippen LogP contribution in [0.25, 0.3) is 0 Å². The number of hydrogen-bond donors (Lipinski definition) is 1. The van der Waals surface area contributed by atoms with Crippen molar-refractivity contribution in [2.45, 2.75) is 19.4 Å². The molecule has 2 rings (SSSR count). The van der Waals surface area contributed by atoms with Gasteiger partial charge in [0.15, 0.2) is 0 Å². The summed E-state index contributed by atoms with van der Waals surface area (Å²) in [5.41, 5.74) is 0.751. The van der Waals surface area contributed by atoms with Crippen LogP contribution in [-0.2, 0) is 0 Å². The van der Waals surface area contributed by atoms with Gasteiger partial charge in [0.05, 0.1) is 11.0 Å². The molecule has 2 heterocycles. The second kappa shape index (κ2) is 3.38. The highest BCUT2D eigenvalue weighted by Gasteiger charge is 2.23. The molecule has 1 aromatic rings. The van der Waals surface area contributed by atoms with Crippen molar-refractivity contribution < 1.29 is 4.92 Å². The first-order valence-electron chi connectivity index (χ1n) is 4.59. The Morgan fingerprint density at radius 1 is 1.79 bits per heavy atom. The van der Waals surface area contributed by atoms with Crippen LogP contribution in [0.4, 0.5) is 5.69 Å². The van der Waals surface area contributed by atoms with E-state index in [2.05, 4.69) is 10.4 Å². The van der Waals surface area contributed by atoms with E-state index in [1.165, 1.54) is 6.20 Å². The molecule has 6 nitrogen and oxygen atoms in total. The molecule has 0 aromatic carbocycles. The van der Waals surface area contributed by atoms with Crippen LogP contribution < -0.4 is 5.32 Å². The quantitative estimate of drug-likeness (QED) is 0.556. The Kier molecular flexibility index (Phi) is 2.20. The number of nitrogens with zero attached hydrogens (tertiary/aromatic N) is 3. The third-order valence-electron chi connectivity index (χ3n) is 2.60. The van der Waals surface area contributed by atoms with Crippen molar-refractivity contribution >= 4 is 5.69 Å². The van der Waals surface area contributed by atoms with Gasteiger partial charge in [-0.05, 0) is 19.9 Å². The zero-order valence-corrected chi connectivity index (χ0v) is 7.93. The summed E-state index contributed by atoms with van der Waals surface area (Å²) in [7, 11) is 0. The van der Waals surface area contributed by atoms with Gasteiger partial charge in [-0.25, -0.2) is 0 Å². The smallest absolute Gasteiger partial charge is 0.309 e. The van der Waals surface area contributed by atoms with Crippen molar-refractivity contribution in [3.8, 4) is 0 Å². The van der Waals surface area contributed by atoms with Gasteiger partial charge in [-0.2, -0.15) is 5.10 Å². The Bertz CT molecular complexity index is 354. The molecule has 0 amide bonds. The maximum Gasteiger partial charge on any atom is 0.309 e. The monoisotopic (exact) mass is 196 g/mol. The minimum absolute atomic E-state index is 0.108. The maximum atomic E-state index is 10.6. The lowest BCUT2D eigenvalue weighted by Crippen LogP contribution is -2.15. The predicted octanol–water partition coefficient (Wildman–Crippen LogP) is 0.634. The van der Waals surface area contributed by atoms with Gasteiger partial charge in [-0.1, -0.05) is 0 Å². The average molecular weight is 196 g/mol. The van der Waals surface area contributed by atoms with E-state index in [0.29, 0.717) is 5.69 Å². The lowest BCUT2D eigenvalue weighted by molar-refractivity contribution is -0.385. The SMILES string of the molecule is Cc1c([N+](=O)[O-])cnn1[C@H]1CCNC1. The Hall–Kier alpha value is -1.43. The van der Waals surface area contributed by atoms with Crippen molar-refractivity contribution in [1.82, 2.24) is 15.1 Å². The maximum absolute atomic E-state index is 10.6. The van der Waals surface area contributed by atoms with Crippen LogP contribution in [0.2, 0.25) is 0 Å². The van der Waals surface area contributed by atoms with Gasteiger partial charge in [0.1, 0.15) is 11.9 Å². The molecule has 1 aliphatic rings. The zero-order chi connectivity index (χ0) is 10.1. The summed E-state index contributed by atoms with van der Waals surface area (Å²) in [4.78, 5) is 10.2. The first-order valence-corrected chi connectivity index (χ1v) is 4.59. The summed E-state index contributed by atoms with van der Waals surface area (Å²) >= 11 is 0. The highest BCUT2D eigenvalue weighted by molar-refractivity contribution is 5.32. The Balaban J connectivity index is 2.30. The first-order chi connectivity index (χ1) is 6.70. The summed E-state index contributed by atoms with van der Waals surface area (Å²) in [6, 6.07) is 0.267. The van der Waals surface area contributed by atoms with Gasteiger partial charge in [0.25, 0.3) is 0 Å². The lowest BCUT2D eigenvalue weighted by Gasteiger charge is -2.09. The number of nitro groups is 1.